The lowest BCUT2D eigenvalue weighted by molar-refractivity contribution is 0.102. The second-order valence-corrected chi connectivity index (χ2v) is 6.91. The summed E-state index contributed by atoms with van der Waals surface area (Å²) in [6, 6.07) is 16.0. The average Bonchev–Trinajstić information content (AvgIpc) is 3.18. The fourth-order valence-corrected chi connectivity index (χ4v) is 3.01. The minimum Gasteiger partial charge on any atom is -0.495 e. The molecule has 152 valence electrons. The Morgan fingerprint density at radius 2 is 1.97 bits per heavy atom. The lowest BCUT2D eigenvalue weighted by atomic mass is 10.1. The van der Waals surface area contributed by atoms with Crippen molar-refractivity contribution in [2.24, 2.45) is 0 Å². The number of benzene rings is 2. The minimum absolute atomic E-state index is 0.0193. The number of pyridine rings is 1. The number of nitrogens with zero attached hydrogens (tertiary/aromatic N) is 2. The van der Waals surface area contributed by atoms with Crippen LogP contribution < -0.4 is 14.8 Å². The Kier molecular flexibility index (Phi) is 5.34. The highest BCUT2D eigenvalue weighted by atomic mass is 16.5. The summed E-state index contributed by atoms with van der Waals surface area (Å²) in [6.45, 7) is 3.87. The maximum absolute atomic E-state index is 12.8. The molecule has 4 aromatic rings. The molecular weight excluding hydrogens is 382 g/mol. The highest BCUT2D eigenvalue weighted by Crippen LogP contribution is 2.32. The molecule has 0 saturated heterocycles. The van der Waals surface area contributed by atoms with Gasteiger partial charge in [-0.2, -0.15) is 4.98 Å². The van der Waals surface area contributed by atoms with Gasteiger partial charge in [0.05, 0.1) is 18.9 Å². The lowest BCUT2D eigenvalue weighted by Crippen LogP contribution is -2.13. The standard InChI is InChI=1S/C23H21N3O4/c1-14(2)29-17-7-4-6-15(12-17)22(27)25-18-13-16(9-10-19(18)28-3)23-26-21-20(30-23)8-5-11-24-21/h4-14H,1-3H3,(H,25,27). The van der Waals surface area contributed by atoms with Gasteiger partial charge in [-0.3, -0.25) is 4.79 Å². The smallest absolute Gasteiger partial charge is 0.255 e. The van der Waals surface area contributed by atoms with E-state index in [-0.39, 0.29) is 12.0 Å². The maximum atomic E-state index is 12.8. The first-order valence-corrected chi connectivity index (χ1v) is 9.51. The Morgan fingerprint density at radius 1 is 1.10 bits per heavy atom. The summed E-state index contributed by atoms with van der Waals surface area (Å²) >= 11 is 0. The van der Waals surface area contributed by atoms with Crippen LogP contribution in [0.4, 0.5) is 5.69 Å². The van der Waals surface area contributed by atoms with Gasteiger partial charge >= 0.3 is 0 Å². The highest BCUT2D eigenvalue weighted by Gasteiger charge is 2.15. The monoisotopic (exact) mass is 403 g/mol. The topological polar surface area (TPSA) is 86.5 Å². The fourth-order valence-electron chi connectivity index (χ4n) is 3.01. The van der Waals surface area contributed by atoms with Crippen molar-refractivity contribution >= 4 is 22.8 Å². The molecule has 30 heavy (non-hydrogen) atoms. The predicted octanol–water partition coefficient (Wildman–Crippen LogP) is 4.94. The van der Waals surface area contributed by atoms with E-state index in [0.717, 1.165) is 0 Å². The number of carbonyl (C=O) groups is 1. The van der Waals surface area contributed by atoms with E-state index in [2.05, 4.69) is 15.3 Å². The Bertz CT molecular complexity index is 1170. The summed E-state index contributed by atoms with van der Waals surface area (Å²) in [5, 5.41) is 2.90. The third-order valence-corrected chi connectivity index (χ3v) is 4.33. The van der Waals surface area contributed by atoms with Gasteiger partial charge in [-0.1, -0.05) is 6.07 Å². The van der Waals surface area contributed by atoms with Crippen LogP contribution in [0.2, 0.25) is 0 Å². The van der Waals surface area contributed by atoms with Crippen molar-refractivity contribution in [2.45, 2.75) is 20.0 Å². The molecule has 2 aromatic heterocycles. The number of amides is 1. The average molecular weight is 403 g/mol. The van der Waals surface area contributed by atoms with Gasteiger partial charge < -0.3 is 19.2 Å². The van der Waals surface area contributed by atoms with E-state index in [1.165, 1.54) is 0 Å². The van der Waals surface area contributed by atoms with Gasteiger partial charge in [0.2, 0.25) is 5.89 Å². The SMILES string of the molecule is COc1ccc(-c2nc3ncccc3o2)cc1NC(=O)c1cccc(OC(C)C)c1. The summed E-state index contributed by atoms with van der Waals surface area (Å²) in [5.74, 6) is 1.29. The molecule has 7 nitrogen and oxygen atoms in total. The number of carbonyl (C=O) groups excluding carboxylic acids is 1. The number of oxazole rings is 1. The number of aromatic nitrogens is 2. The molecule has 0 aliphatic carbocycles. The van der Waals surface area contributed by atoms with E-state index in [4.69, 9.17) is 13.9 Å². The Hall–Kier alpha value is -3.87. The molecule has 0 bridgehead atoms. The van der Waals surface area contributed by atoms with Crippen molar-refractivity contribution in [3.63, 3.8) is 0 Å². The molecule has 0 aliphatic rings. The summed E-state index contributed by atoms with van der Waals surface area (Å²) in [4.78, 5) is 21.4. The van der Waals surface area contributed by atoms with Crippen molar-refractivity contribution in [1.82, 2.24) is 9.97 Å². The van der Waals surface area contributed by atoms with E-state index in [0.29, 0.717) is 45.4 Å². The van der Waals surface area contributed by atoms with E-state index in [9.17, 15) is 4.79 Å². The zero-order valence-electron chi connectivity index (χ0n) is 16.9. The van der Waals surface area contributed by atoms with Crippen LogP contribution in [-0.2, 0) is 0 Å². The van der Waals surface area contributed by atoms with Gasteiger partial charge in [0.15, 0.2) is 11.2 Å². The third-order valence-electron chi connectivity index (χ3n) is 4.33. The molecule has 2 heterocycles. The maximum Gasteiger partial charge on any atom is 0.255 e. The second kappa shape index (κ2) is 8.24. The molecule has 0 atom stereocenters. The molecule has 0 saturated carbocycles. The van der Waals surface area contributed by atoms with Crippen molar-refractivity contribution in [1.29, 1.82) is 0 Å². The van der Waals surface area contributed by atoms with Gasteiger partial charge in [-0.25, -0.2) is 4.98 Å². The van der Waals surface area contributed by atoms with Crippen LogP contribution in [0.5, 0.6) is 11.5 Å². The van der Waals surface area contributed by atoms with Crippen LogP contribution in [0.3, 0.4) is 0 Å². The molecule has 0 spiro atoms. The summed E-state index contributed by atoms with van der Waals surface area (Å²) in [5.41, 5.74) is 2.80. The summed E-state index contributed by atoms with van der Waals surface area (Å²) < 4.78 is 16.9. The molecule has 0 unspecified atom stereocenters. The van der Waals surface area contributed by atoms with Gasteiger partial charge in [-0.05, 0) is 62.4 Å². The Morgan fingerprint density at radius 3 is 2.73 bits per heavy atom. The molecule has 7 heteroatoms. The van der Waals surface area contributed by atoms with Crippen LogP contribution in [0.15, 0.2) is 65.2 Å². The number of hydrogen-bond acceptors (Lipinski definition) is 6. The quantitative estimate of drug-likeness (QED) is 0.491. The van der Waals surface area contributed by atoms with Gasteiger partial charge in [0.1, 0.15) is 11.5 Å². The highest BCUT2D eigenvalue weighted by molar-refractivity contribution is 6.05. The molecule has 4 rings (SSSR count). The van der Waals surface area contributed by atoms with Crippen molar-refractivity contribution in [2.75, 3.05) is 12.4 Å². The summed E-state index contributed by atoms with van der Waals surface area (Å²) in [7, 11) is 1.55. The predicted molar refractivity (Wildman–Crippen MR) is 114 cm³/mol. The molecule has 1 amide bonds. The van der Waals surface area contributed by atoms with Crippen molar-refractivity contribution < 1.29 is 18.7 Å². The third kappa shape index (κ3) is 4.10. The summed E-state index contributed by atoms with van der Waals surface area (Å²) in [6.07, 6.45) is 1.68. The van der Waals surface area contributed by atoms with Gasteiger partial charge in [-0.15, -0.1) is 0 Å². The minimum atomic E-state index is -0.279. The van der Waals surface area contributed by atoms with E-state index in [1.807, 2.05) is 26.0 Å². The number of nitrogens with one attached hydrogen (secondary N) is 1. The van der Waals surface area contributed by atoms with Gasteiger partial charge in [0.25, 0.3) is 5.91 Å². The first kappa shape index (κ1) is 19.4. The number of fused-ring (bicyclic) bond motifs is 1. The number of anilines is 1. The van der Waals surface area contributed by atoms with Crippen LogP contribution in [0.1, 0.15) is 24.2 Å². The molecule has 0 aliphatic heterocycles. The normalized spacial score (nSPS) is 10.9. The first-order valence-electron chi connectivity index (χ1n) is 9.51. The molecule has 0 radical (unpaired) electrons. The van der Waals surface area contributed by atoms with Crippen LogP contribution in [0.25, 0.3) is 22.7 Å². The number of ether oxygens (including phenoxy) is 2. The number of rotatable bonds is 6. The van der Waals surface area contributed by atoms with Gasteiger partial charge in [0, 0.05) is 17.3 Å². The fraction of sp³-hybridized carbons (Fsp3) is 0.174. The lowest BCUT2D eigenvalue weighted by Gasteiger charge is -2.13. The van der Waals surface area contributed by atoms with E-state index in [1.54, 1.807) is 55.8 Å². The Labute approximate surface area is 173 Å². The zero-order chi connectivity index (χ0) is 21.1. The molecular formula is C23H21N3O4. The van der Waals surface area contributed by atoms with Crippen LogP contribution in [-0.4, -0.2) is 29.1 Å². The van der Waals surface area contributed by atoms with Crippen LogP contribution >= 0.6 is 0 Å². The molecule has 2 aromatic carbocycles. The first-order chi connectivity index (χ1) is 14.5. The van der Waals surface area contributed by atoms with Crippen LogP contribution in [0, 0.1) is 0 Å². The van der Waals surface area contributed by atoms with E-state index < -0.39 is 0 Å². The second-order valence-electron chi connectivity index (χ2n) is 6.91. The molecule has 1 N–H and O–H groups in total. The largest absolute Gasteiger partial charge is 0.495 e. The molecule has 0 fully saturated rings. The zero-order valence-corrected chi connectivity index (χ0v) is 16.9. The van der Waals surface area contributed by atoms with Crippen molar-refractivity contribution in [3.8, 4) is 23.0 Å². The van der Waals surface area contributed by atoms with Crippen molar-refractivity contribution in [3.05, 3.63) is 66.4 Å². The number of hydrogen-bond donors (Lipinski definition) is 1. The number of methoxy groups -OCH3 is 1. The Balaban J connectivity index is 1.63. The van der Waals surface area contributed by atoms with E-state index >= 15 is 0 Å².